The Morgan fingerprint density at radius 3 is 2.53 bits per heavy atom. The molecule has 1 unspecified atom stereocenters. The lowest BCUT2D eigenvalue weighted by Crippen LogP contribution is -2.08. The predicted octanol–water partition coefficient (Wildman–Crippen LogP) is 2.91. The van der Waals surface area contributed by atoms with E-state index >= 15 is 0 Å². The lowest BCUT2D eigenvalue weighted by Gasteiger charge is -2.13. The number of rotatable bonds is 5. The molecule has 1 aromatic carbocycles. The Balaban J connectivity index is 2.90. The average Bonchev–Trinajstić information content (AvgIpc) is 2.28. The van der Waals surface area contributed by atoms with Crippen molar-refractivity contribution in [3.8, 4) is 0 Å². The van der Waals surface area contributed by atoms with E-state index in [-0.39, 0.29) is 5.69 Å². The highest BCUT2D eigenvalue weighted by Gasteiger charge is 2.15. The van der Waals surface area contributed by atoms with Crippen LogP contribution in [0.2, 0.25) is 0 Å². The molecule has 0 amide bonds. The molecule has 0 aliphatic rings. The van der Waals surface area contributed by atoms with Crippen LogP contribution in [0.25, 0.3) is 0 Å². The van der Waals surface area contributed by atoms with Crippen LogP contribution in [-0.4, -0.2) is 16.2 Å². The smallest absolute Gasteiger partial charge is 0.450 e. The molecule has 1 atom stereocenters. The quantitative estimate of drug-likeness (QED) is 0.368. The van der Waals surface area contributed by atoms with E-state index in [0.717, 1.165) is 0 Å². The molecule has 1 rings (SSSR count). The second-order valence-corrected chi connectivity index (χ2v) is 3.25. The molecular weight excluding hydrogens is 226 g/mol. The van der Waals surface area contributed by atoms with E-state index in [4.69, 9.17) is 5.11 Å². The first-order chi connectivity index (χ1) is 8.04. The van der Waals surface area contributed by atoms with Crippen LogP contribution in [0.4, 0.5) is 10.5 Å². The molecule has 1 aromatic rings. The van der Waals surface area contributed by atoms with Gasteiger partial charge in [0.15, 0.2) is 0 Å². The normalized spacial score (nSPS) is 11.5. The van der Waals surface area contributed by atoms with Crippen LogP contribution >= 0.6 is 0 Å². The number of nitro groups is 1. The second kappa shape index (κ2) is 5.64. The van der Waals surface area contributed by atoms with Gasteiger partial charge in [0.1, 0.15) is 6.10 Å². The lowest BCUT2D eigenvalue weighted by atomic mass is 10.1. The van der Waals surface area contributed by atoms with Gasteiger partial charge in [-0.15, -0.1) is 6.58 Å². The first-order valence-electron chi connectivity index (χ1n) is 4.79. The SMILES string of the molecule is C=CCC(OC(=O)O)c1ccc([N+](=O)[O-])cc1. The molecule has 0 spiro atoms. The molecule has 0 saturated carbocycles. The average molecular weight is 237 g/mol. The van der Waals surface area contributed by atoms with E-state index in [9.17, 15) is 14.9 Å². The number of hydrogen-bond donors (Lipinski definition) is 1. The van der Waals surface area contributed by atoms with Gasteiger partial charge in [0, 0.05) is 18.6 Å². The van der Waals surface area contributed by atoms with E-state index in [1.54, 1.807) is 0 Å². The number of nitrogens with zero attached hydrogens (tertiary/aromatic N) is 1. The lowest BCUT2D eigenvalue weighted by molar-refractivity contribution is -0.384. The van der Waals surface area contributed by atoms with Gasteiger partial charge in [-0.3, -0.25) is 10.1 Å². The summed E-state index contributed by atoms with van der Waals surface area (Å²) in [4.78, 5) is 20.4. The first-order valence-corrected chi connectivity index (χ1v) is 4.79. The van der Waals surface area contributed by atoms with E-state index < -0.39 is 17.2 Å². The third-order valence-electron chi connectivity index (χ3n) is 2.10. The van der Waals surface area contributed by atoms with Crippen molar-refractivity contribution in [1.82, 2.24) is 0 Å². The Morgan fingerprint density at radius 2 is 2.12 bits per heavy atom. The summed E-state index contributed by atoms with van der Waals surface area (Å²) >= 11 is 0. The summed E-state index contributed by atoms with van der Waals surface area (Å²) in [6.45, 7) is 3.50. The van der Waals surface area contributed by atoms with Crippen molar-refractivity contribution in [2.45, 2.75) is 12.5 Å². The Bertz CT molecular complexity index is 426. The van der Waals surface area contributed by atoms with Gasteiger partial charge in [-0.2, -0.15) is 0 Å². The highest BCUT2D eigenvalue weighted by atomic mass is 16.7. The number of hydrogen-bond acceptors (Lipinski definition) is 4. The second-order valence-electron chi connectivity index (χ2n) is 3.25. The molecule has 0 saturated heterocycles. The van der Waals surface area contributed by atoms with Crippen LogP contribution in [-0.2, 0) is 4.74 Å². The molecule has 0 radical (unpaired) electrons. The van der Waals surface area contributed by atoms with Gasteiger partial charge in [-0.05, 0) is 17.7 Å². The largest absolute Gasteiger partial charge is 0.506 e. The highest BCUT2D eigenvalue weighted by molar-refractivity contribution is 5.57. The van der Waals surface area contributed by atoms with Crippen molar-refractivity contribution in [2.75, 3.05) is 0 Å². The topological polar surface area (TPSA) is 89.7 Å². The molecule has 17 heavy (non-hydrogen) atoms. The summed E-state index contributed by atoms with van der Waals surface area (Å²) in [6.07, 6.45) is -0.250. The minimum Gasteiger partial charge on any atom is -0.450 e. The van der Waals surface area contributed by atoms with Crippen molar-refractivity contribution < 1.29 is 19.6 Å². The summed E-state index contributed by atoms with van der Waals surface area (Å²) in [6, 6.07) is 5.54. The fourth-order valence-electron chi connectivity index (χ4n) is 1.34. The molecule has 0 aliphatic carbocycles. The third kappa shape index (κ3) is 3.60. The summed E-state index contributed by atoms with van der Waals surface area (Å²) in [5.74, 6) is 0. The Labute approximate surface area is 97.3 Å². The minimum absolute atomic E-state index is 0.0542. The van der Waals surface area contributed by atoms with Gasteiger partial charge < -0.3 is 9.84 Å². The Hall–Kier alpha value is -2.37. The molecule has 90 valence electrons. The maximum atomic E-state index is 10.5. The monoisotopic (exact) mass is 237 g/mol. The number of benzene rings is 1. The number of non-ortho nitro benzene ring substituents is 1. The zero-order chi connectivity index (χ0) is 12.8. The van der Waals surface area contributed by atoms with Gasteiger partial charge in [0.25, 0.3) is 5.69 Å². The van der Waals surface area contributed by atoms with E-state index in [1.807, 2.05) is 0 Å². The molecule has 1 N–H and O–H groups in total. The number of carboxylic acid groups (broad SMARTS) is 1. The molecular formula is C11H11NO5. The van der Waals surface area contributed by atoms with Crippen LogP contribution in [0, 0.1) is 10.1 Å². The summed E-state index contributed by atoms with van der Waals surface area (Å²) in [5.41, 5.74) is 0.499. The zero-order valence-corrected chi connectivity index (χ0v) is 8.91. The van der Waals surface area contributed by atoms with E-state index in [0.29, 0.717) is 12.0 Å². The van der Waals surface area contributed by atoms with Gasteiger partial charge in [0.2, 0.25) is 0 Å². The zero-order valence-electron chi connectivity index (χ0n) is 8.91. The Kier molecular flexibility index (Phi) is 4.21. The number of carbonyl (C=O) groups is 1. The molecule has 0 fully saturated rings. The van der Waals surface area contributed by atoms with Crippen molar-refractivity contribution in [3.63, 3.8) is 0 Å². The predicted molar refractivity (Wildman–Crippen MR) is 59.8 cm³/mol. The summed E-state index contributed by atoms with van der Waals surface area (Å²) < 4.78 is 4.65. The molecule has 0 aliphatic heterocycles. The third-order valence-corrected chi connectivity index (χ3v) is 2.10. The maximum absolute atomic E-state index is 10.5. The van der Waals surface area contributed by atoms with Crippen LogP contribution in [0.1, 0.15) is 18.1 Å². The van der Waals surface area contributed by atoms with Gasteiger partial charge in [0.05, 0.1) is 4.92 Å². The number of ether oxygens (including phenoxy) is 1. The highest BCUT2D eigenvalue weighted by Crippen LogP contribution is 2.24. The van der Waals surface area contributed by atoms with Crippen LogP contribution in [0.3, 0.4) is 0 Å². The maximum Gasteiger partial charge on any atom is 0.506 e. The van der Waals surface area contributed by atoms with Gasteiger partial charge >= 0.3 is 6.16 Å². The molecule has 6 heteroatoms. The van der Waals surface area contributed by atoms with Gasteiger partial charge in [-0.1, -0.05) is 6.08 Å². The molecule has 6 nitrogen and oxygen atoms in total. The van der Waals surface area contributed by atoms with Crippen molar-refractivity contribution in [2.24, 2.45) is 0 Å². The molecule has 0 heterocycles. The van der Waals surface area contributed by atoms with E-state index in [1.165, 1.54) is 30.3 Å². The minimum atomic E-state index is -1.39. The molecule has 0 bridgehead atoms. The van der Waals surface area contributed by atoms with Crippen LogP contribution in [0.15, 0.2) is 36.9 Å². The van der Waals surface area contributed by atoms with Gasteiger partial charge in [-0.25, -0.2) is 4.79 Å². The first kappa shape index (κ1) is 12.7. The molecule has 0 aromatic heterocycles. The fraction of sp³-hybridized carbons (Fsp3) is 0.182. The Morgan fingerprint density at radius 1 is 1.53 bits per heavy atom. The van der Waals surface area contributed by atoms with Crippen molar-refractivity contribution >= 4 is 11.8 Å². The standard InChI is InChI=1S/C11H11NO5/c1-2-3-10(17-11(13)14)8-4-6-9(7-5-8)12(15)16/h2,4-7,10H,1,3H2,(H,13,14). The summed E-state index contributed by atoms with van der Waals surface area (Å²) in [7, 11) is 0. The van der Waals surface area contributed by atoms with E-state index in [2.05, 4.69) is 11.3 Å². The summed E-state index contributed by atoms with van der Waals surface area (Å²) in [5, 5.41) is 19.0. The van der Waals surface area contributed by atoms with Crippen molar-refractivity contribution in [3.05, 3.63) is 52.6 Å². The van der Waals surface area contributed by atoms with Crippen LogP contribution < -0.4 is 0 Å². The van der Waals surface area contributed by atoms with Crippen LogP contribution in [0.5, 0.6) is 0 Å². The van der Waals surface area contributed by atoms with Crippen molar-refractivity contribution in [1.29, 1.82) is 0 Å². The number of nitro benzene ring substituents is 1. The fourth-order valence-corrected chi connectivity index (χ4v) is 1.34.